The van der Waals surface area contributed by atoms with Gasteiger partial charge in [-0.25, -0.2) is 0 Å². The van der Waals surface area contributed by atoms with E-state index in [1.165, 1.54) is 0 Å². The van der Waals surface area contributed by atoms with E-state index in [9.17, 15) is 9.59 Å². The maximum atomic E-state index is 13.1. The number of methoxy groups -OCH3 is 1. The number of hydrogen-bond donors (Lipinski definition) is 1. The first-order valence-electron chi connectivity index (χ1n) is 9.86. The Kier molecular flexibility index (Phi) is 5.07. The van der Waals surface area contributed by atoms with Crippen LogP contribution in [0.2, 0.25) is 0 Å². The number of nitrogens with one attached hydrogen (secondary N) is 1. The number of carbonyl (C=O) groups is 2. The Morgan fingerprint density at radius 2 is 1.75 bits per heavy atom. The third-order valence-electron chi connectivity index (χ3n) is 5.79. The molecule has 2 aliphatic rings. The van der Waals surface area contributed by atoms with Crippen molar-refractivity contribution in [3.05, 3.63) is 65.2 Å². The van der Waals surface area contributed by atoms with Gasteiger partial charge in [0.25, 0.3) is 5.91 Å². The predicted molar refractivity (Wildman–Crippen MR) is 107 cm³/mol. The Morgan fingerprint density at radius 1 is 1.04 bits per heavy atom. The lowest BCUT2D eigenvalue weighted by atomic mass is 9.88. The minimum atomic E-state index is -0.234. The normalized spacial score (nSPS) is 21.4. The maximum absolute atomic E-state index is 13.1. The zero-order chi connectivity index (χ0) is 19.7. The molecular formula is C23H26N2O3. The lowest BCUT2D eigenvalue weighted by Crippen LogP contribution is -2.36. The van der Waals surface area contributed by atoms with Crippen LogP contribution in [0.1, 0.15) is 40.2 Å². The fourth-order valence-corrected chi connectivity index (χ4v) is 3.94. The van der Waals surface area contributed by atoms with Gasteiger partial charge < -0.3 is 15.0 Å². The topological polar surface area (TPSA) is 58.6 Å². The van der Waals surface area contributed by atoms with E-state index in [0.717, 1.165) is 29.7 Å². The number of rotatable bonds is 5. The highest BCUT2D eigenvalue weighted by Gasteiger charge is 2.42. The second-order valence-corrected chi connectivity index (χ2v) is 7.79. The van der Waals surface area contributed by atoms with Crippen LogP contribution < -0.4 is 10.1 Å². The van der Waals surface area contributed by atoms with Gasteiger partial charge in [-0.15, -0.1) is 0 Å². The summed E-state index contributed by atoms with van der Waals surface area (Å²) in [5.41, 5.74) is 2.73. The Labute approximate surface area is 165 Å². The highest BCUT2D eigenvalue weighted by atomic mass is 16.5. The number of amides is 2. The van der Waals surface area contributed by atoms with Crippen LogP contribution in [0, 0.1) is 12.8 Å². The number of likely N-dealkylation sites (tertiary alicyclic amines) is 1. The van der Waals surface area contributed by atoms with Crippen LogP contribution in [-0.2, 0) is 4.79 Å². The highest BCUT2D eigenvalue weighted by Crippen LogP contribution is 2.35. The number of hydrogen-bond acceptors (Lipinski definition) is 3. The van der Waals surface area contributed by atoms with Gasteiger partial charge in [-0.2, -0.15) is 0 Å². The van der Waals surface area contributed by atoms with Gasteiger partial charge in [-0.05, 0) is 49.1 Å². The van der Waals surface area contributed by atoms with Gasteiger partial charge >= 0.3 is 0 Å². The van der Waals surface area contributed by atoms with Gasteiger partial charge in [-0.3, -0.25) is 9.59 Å². The SMILES string of the molecule is COc1ccc([C@@H]2CN(C(=O)c3ccccc3C)C[C@@H]2C(=O)NC2CC2)cc1. The molecular weight excluding hydrogens is 352 g/mol. The van der Waals surface area contributed by atoms with E-state index in [-0.39, 0.29) is 23.7 Å². The number of aryl methyl sites for hydroxylation is 1. The standard InChI is InChI=1S/C23H26N2O3/c1-15-5-3-4-6-19(15)23(27)25-13-20(16-7-11-18(28-2)12-8-16)21(14-25)22(26)24-17-9-10-17/h3-8,11-12,17,20-21H,9-10,13-14H2,1-2H3,(H,24,26)/t20-,21-/m0/s1. The third kappa shape index (κ3) is 3.75. The van der Waals surface area contributed by atoms with Gasteiger partial charge in [0.1, 0.15) is 5.75 Å². The molecule has 2 aromatic carbocycles. The van der Waals surface area contributed by atoms with Crippen molar-refractivity contribution < 1.29 is 14.3 Å². The minimum absolute atomic E-state index is 0.00154. The van der Waals surface area contributed by atoms with Gasteiger partial charge in [0.15, 0.2) is 0 Å². The molecule has 2 amide bonds. The Hall–Kier alpha value is -2.82. The molecule has 0 bridgehead atoms. The zero-order valence-electron chi connectivity index (χ0n) is 16.4. The van der Waals surface area contributed by atoms with Crippen LogP contribution in [0.3, 0.4) is 0 Å². The van der Waals surface area contributed by atoms with Gasteiger partial charge in [0, 0.05) is 30.6 Å². The minimum Gasteiger partial charge on any atom is -0.497 e. The second-order valence-electron chi connectivity index (χ2n) is 7.79. The average Bonchev–Trinajstić information content (AvgIpc) is 3.41. The summed E-state index contributed by atoms with van der Waals surface area (Å²) in [6, 6.07) is 15.8. The smallest absolute Gasteiger partial charge is 0.254 e. The predicted octanol–water partition coefficient (Wildman–Crippen LogP) is 3.14. The van der Waals surface area contributed by atoms with Crippen LogP contribution >= 0.6 is 0 Å². The van der Waals surface area contributed by atoms with Crippen molar-refractivity contribution in [1.82, 2.24) is 10.2 Å². The average molecular weight is 378 g/mol. The van der Waals surface area contributed by atoms with Crippen molar-refractivity contribution in [2.45, 2.75) is 31.7 Å². The highest BCUT2D eigenvalue weighted by molar-refractivity contribution is 5.96. The van der Waals surface area contributed by atoms with Crippen LogP contribution in [-0.4, -0.2) is 43.0 Å². The molecule has 0 radical (unpaired) electrons. The molecule has 1 saturated carbocycles. The van der Waals surface area contributed by atoms with Crippen molar-refractivity contribution in [1.29, 1.82) is 0 Å². The van der Waals surface area contributed by atoms with E-state index in [0.29, 0.717) is 24.7 Å². The van der Waals surface area contributed by atoms with Crippen molar-refractivity contribution in [3.63, 3.8) is 0 Å². The summed E-state index contributed by atoms with van der Waals surface area (Å²) < 4.78 is 5.25. The summed E-state index contributed by atoms with van der Waals surface area (Å²) in [5, 5.41) is 3.13. The Morgan fingerprint density at radius 3 is 2.39 bits per heavy atom. The molecule has 28 heavy (non-hydrogen) atoms. The van der Waals surface area contributed by atoms with E-state index in [2.05, 4.69) is 5.32 Å². The second kappa shape index (κ2) is 7.66. The fourth-order valence-electron chi connectivity index (χ4n) is 3.94. The molecule has 5 nitrogen and oxygen atoms in total. The van der Waals surface area contributed by atoms with E-state index in [4.69, 9.17) is 4.74 Å². The van der Waals surface area contributed by atoms with Crippen LogP contribution in [0.5, 0.6) is 5.75 Å². The lowest BCUT2D eigenvalue weighted by molar-refractivity contribution is -0.125. The van der Waals surface area contributed by atoms with Crippen molar-refractivity contribution in [2.24, 2.45) is 5.92 Å². The van der Waals surface area contributed by atoms with Crippen molar-refractivity contribution in [3.8, 4) is 5.75 Å². The first-order valence-corrected chi connectivity index (χ1v) is 9.86. The van der Waals surface area contributed by atoms with Gasteiger partial charge in [0.05, 0.1) is 13.0 Å². The quantitative estimate of drug-likeness (QED) is 0.870. The van der Waals surface area contributed by atoms with Crippen molar-refractivity contribution in [2.75, 3.05) is 20.2 Å². The first kappa shape index (κ1) is 18.5. The van der Waals surface area contributed by atoms with Crippen LogP contribution in [0.4, 0.5) is 0 Å². The first-order chi connectivity index (χ1) is 13.6. The maximum Gasteiger partial charge on any atom is 0.254 e. The molecule has 2 aromatic rings. The molecule has 1 aliphatic carbocycles. The molecule has 2 atom stereocenters. The molecule has 5 heteroatoms. The molecule has 0 spiro atoms. The molecule has 4 rings (SSSR count). The molecule has 2 fully saturated rings. The third-order valence-corrected chi connectivity index (χ3v) is 5.79. The lowest BCUT2D eigenvalue weighted by Gasteiger charge is -2.18. The van der Waals surface area contributed by atoms with Crippen LogP contribution in [0.15, 0.2) is 48.5 Å². The number of carbonyl (C=O) groups excluding carboxylic acids is 2. The molecule has 1 N–H and O–H groups in total. The Bertz CT molecular complexity index is 874. The number of ether oxygens (including phenoxy) is 1. The van der Waals surface area contributed by atoms with Gasteiger partial charge in [0.2, 0.25) is 5.91 Å². The van der Waals surface area contributed by atoms with Gasteiger partial charge in [-0.1, -0.05) is 30.3 Å². The fraction of sp³-hybridized carbons (Fsp3) is 0.391. The van der Waals surface area contributed by atoms with E-state index < -0.39 is 0 Å². The summed E-state index contributed by atoms with van der Waals surface area (Å²) in [6.07, 6.45) is 2.11. The molecule has 1 heterocycles. The molecule has 1 aliphatic heterocycles. The number of benzene rings is 2. The molecule has 146 valence electrons. The summed E-state index contributed by atoms with van der Waals surface area (Å²) in [7, 11) is 1.64. The summed E-state index contributed by atoms with van der Waals surface area (Å²) in [4.78, 5) is 27.9. The number of nitrogens with zero attached hydrogens (tertiary/aromatic N) is 1. The van der Waals surface area contributed by atoms with E-state index in [1.807, 2.05) is 60.4 Å². The summed E-state index contributed by atoms with van der Waals surface area (Å²) >= 11 is 0. The van der Waals surface area contributed by atoms with Crippen molar-refractivity contribution >= 4 is 11.8 Å². The molecule has 0 unspecified atom stereocenters. The Balaban J connectivity index is 1.59. The summed E-state index contributed by atoms with van der Waals surface area (Å²) in [6.45, 7) is 2.94. The summed E-state index contributed by atoms with van der Waals surface area (Å²) in [5.74, 6) is 0.592. The van der Waals surface area contributed by atoms with E-state index >= 15 is 0 Å². The van der Waals surface area contributed by atoms with E-state index in [1.54, 1.807) is 7.11 Å². The zero-order valence-corrected chi connectivity index (χ0v) is 16.4. The monoisotopic (exact) mass is 378 g/mol. The molecule has 1 saturated heterocycles. The largest absolute Gasteiger partial charge is 0.497 e. The van der Waals surface area contributed by atoms with Crippen LogP contribution in [0.25, 0.3) is 0 Å². The molecule has 0 aromatic heterocycles.